The maximum Gasteiger partial charge on any atom is 0.223 e. The first-order valence-corrected chi connectivity index (χ1v) is 9.67. The van der Waals surface area contributed by atoms with Crippen molar-refractivity contribution >= 4 is 22.6 Å². The minimum Gasteiger partial charge on any atom is -0.378 e. The van der Waals surface area contributed by atoms with Crippen LogP contribution in [0.5, 0.6) is 0 Å². The summed E-state index contributed by atoms with van der Waals surface area (Å²) in [5.41, 5.74) is 2.34. The second-order valence-electron chi connectivity index (χ2n) is 7.44. The number of pyridine rings is 1. The fourth-order valence-electron chi connectivity index (χ4n) is 4.05. The predicted octanol–water partition coefficient (Wildman–Crippen LogP) is 3.01. The highest BCUT2D eigenvalue weighted by molar-refractivity contribution is 5.83. The van der Waals surface area contributed by atoms with E-state index >= 15 is 0 Å². The number of anilines is 1. The van der Waals surface area contributed by atoms with Gasteiger partial charge in [0.2, 0.25) is 5.91 Å². The van der Waals surface area contributed by atoms with Crippen molar-refractivity contribution in [2.24, 2.45) is 5.92 Å². The first-order chi connectivity index (χ1) is 12.7. The largest absolute Gasteiger partial charge is 0.378 e. The van der Waals surface area contributed by atoms with Crippen molar-refractivity contribution in [1.82, 2.24) is 9.88 Å². The molecule has 26 heavy (non-hydrogen) atoms. The Bertz CT molecular complexity index is 778. The Morgan fingerprint density at radius 2 is 1.88 bits per heavy atom. The zero-order valence-corrected chi connectivity index (χ0v) is 15.5. The number of benzene rings is 1. The number of ether oxygens (including phenoxy) is 1. The molecule has 0 atom stereocenters. The summed E-state index contributed by atoms with van der Waals surface area (Å²) in [5, 5.41) is 1.22. The van der Waals surface area contributed by atoms with Crippen molar-refractivity contribution in [3.05, 3.63) is 35.9 Å². The average Bonchev–Trinajstić information content (AvgIpc) is 2.69. The van der Waals surface area contributed by atoms with Gasteiger partial charge in [0, 0.05) is 38.0 Å². The molecule has 0 bridgehead atoms. The van der Waals surface area contributed by atoms with E-state index in [-0.39, 0.29) is 0 Å². The molecule has 0 unspecified atom stereocenters. The van der Waals surface area contributed by atoms with Gasteiger partial charge in [-0.15, -0.1) is 0 Å². The van der Waals surface area contributed by atoms with Gasteiger partial charge in [-0.1, -0.05) is 18.2 Å². The molecule has 2 aromatic rings. The topological polar surface area (TPSA) is 45.7 Å². The van der Waals surface area contributed by atoms with Crippen LogP contribution < -0.4 is 4.90 Å². The maximum absolute atomic E-state index is 12.5. The second kappa shape index (κ2) is 7.62. The molecule has 1 aromatic carbocycles. The van der Waals surface area contributed by atoms with E-state index in [4.69, 9.17) is 9.72 Å². The number of piperidine rings is 1. The van der Waals surface area contributed by atoms with E-state index < -0.39 is 0 Å². The smallest absolute Gasteiger partial charge is 0.223 e. The number of hydrogen-bond donors (Lipinski definition) is 0. The lowest BCUT2D eigenvalue weighted by Crippen LogP contribution is -2.42. The van der Waals surface area contributed by atoms with Crippen LogP contribution in [0.3, 0.4) is 0 Å². The summed E-state index contributed by atoms with van der Waals surface area (Å²) in [4.78, 5) is 21.6. The van der Waals surface area contributed by atoms with Gasteiger partial charge < -0.3 is 14.5 Å². The van der Waals surface area contributed by atoms with Gasteiger partial charge in [0.1, 0.15) is 5.82 Å². The fraction of sp³-hybridized carbons (Fsp3) is 0.524. The summed E-state index contributed by atoms with van der Waals surface area (Å²) in [6.07, 6.45) is 2.80. The molecule has 3 heterocycles. The lowest BCUT2D eigenvalue weighted by molar-refractivity contribution is -0.136. The Morgan fingerprint density at radius 1 is 1.15 bits per heavy atom. The van der Waals surface area contributed by atoms with E-state index in [9.17, 15) is 4.79 Å². The number of fused-ring (bicyclic) bond motifs is 1. The summed E-state index contributed by atoms with van der Waals surface area (Å²) < 4.78 is 5.34. The number of para-hydroxylation sites is 1. The normalized spacial score (nSPS) is 19.1. The number of amides is 1. The predicted molar refractivity (Wildman–Crippen MR) is 103 cm³/mol. The van der Waals surface area contributed by atoms with Crippen LogP contribution in [0.15, 0.2) is 30.3 Å². The van der Waals surface area contributed by atoms with Crippen molar-refractivity contribution in [3.63, 3.8) is 0 Å². The van der Waals surface area contributed by atoms with Crippen LogP contribution >= 0.6 is 0 Å². The highest BCUT2D eigenvalue weighted by Gasteiger charge is 2.25. The molecule has 1 aromatic heterocycles. The highest BCUT2D eigenvalue weighted by atomic mass is 16.5. The molecule has 4 rings (SSSR count). The Balaban J connectivity index is 1.37. The quantitative estimate of drug-likeness (QED) is 0.851. The molecule has 2 aliphatic heterocycles. The third-order valence-corrected chi connectivity index (χ3v) is 5.68. The van der Waals surface area contributed by atoms with Crippen molar-refractivity contribution in [3.8, 4) is 0 Å². The van der Waals surface area contributed by atoms with Crippen LogP contribution in [0.1, 0.15) is 24.8 Å². The number of nitrogens with zero attached hydrogens (tertiary/aromatic N) is 3. The molecule has 2 saturated heterocycles. The summed E-state index contributed by atoms with van der Waals surface area (Å²) in [5.74, 6) is 1.86. The number of carbonyl (C=O) groups is 1. The lowest BCUT2D eigenvalue weighted by Gasteiger charge is -2.34. The van der Waals surface area contributed by atoms with Gasteiger partial charge in [-0.2, -0.15) is 0 Å². The van der Waals surface area contributed by atoms with E-state index in [1.807, 2.05) is 11.0 Å². The minimum atomic E-state index is 0.298. The van der Waals surface area contributed by atoms with E-state index in [0.717, 1.165) is 50.4 Å². The number of rotatable bonds is 3. The van der Waals surface area contributed by atoms with Crippen LogP contribution in [0, 0.1) is 12.8 Å². The number of aryl methyl sites for hydroxylation is 1. The third kappa shape index (κ3) is 3.68. The van der Waals surface area contributed by atoms with Crippen LogP contribution in [0.2, 0.25) is 0 Å². The van der Waals surface area contributed by atoms with E-state index in [1.165, 1.54) is 10.9 Å². The molecule has 5 nitrogen and oxygen atoms in total. The molecule has 5 heteroatoms. The Kier molecular flexibility index (Phi) is 5.07. The molecular formula is C21H27N3O2. The molecule has 138 valence electrons. The lowest BCUT2D eigenvalue weighted by atomic mass is 9.92. The summed E-state index contributed by atoms with van der Waals surface area (Å²) in [7, 11) is 0. The van der Waals surface area contributed by atoms with Gasteiger partial charge in [-0.3, -0.25) is 4.79 Å². The SMILES string of the molecule is Cc1cc(N2CCC(CC(=O)N3CCOCC3)CC2)nc2ccccc12. The fourth-order valence-corrected chi connectivity index (χ4v) is 4.05. The first kappa shape index (κ1) is 17.3. The van der Waals surface area contributed by atoms with Crippen molar-refractivity contribution < 1.29 is 9.53 Å². The van der Waals surface area contributed by atoms with Gasteiger partial charge in [-0.05, 0) is 43.4 Å². The Hall–Kier alpha value is -2.14. The minimum absolute atomic E-state index is 0.298. The molecule has 2 fully saturated rings. The van der Waals surface area contributed by atoms with E-state index in [1.54, 1.807) is 0 Å². The number of morpholine rings is 1. The molecule has 2 aliphatic rings. The second-order valence-corrected chi connectivity index (χ2v) is 7.44. The zero-order valence-electron chi connectivity index (χ0n) is 15.5. The van der Waals surface area contributed by atoms with Crippen LogP contribution in [0.25, 0.3) is 10.9 Å². The summed E-state index contributed by atoms with van der Waals surface area (Å²) in [6.45, 7) is 6.96. The van der Waals surface area contributed by atoms with Gasteiger partial charge in [-0.25, -0.2) is 4.98 Å². The van der Waals surface area contributed by atoms with Crippen LogP contribution in [-0.2, 0) is 9.53 Å². The molecule has 0 saturated carbocycles. The summed E-state index contributed by atoms with van der Waals surface area (Å²) >= 11 is 0. The molecule has 1 amide bonds. The van der Waals surface area contributed by atoms with Crippen molar-refractivity contribution in [1.29, 1.82) is 0 Å². The zero-order chi connectivity index (χ0) is 17.9. The molecule has 0 radical (unpaired) electrons. The third-order valence-electron chi connectivity index (χ3n) is 5.68. The monoisotopic (exact) mass is 353 g/mol. The Morgan fingerprint density at radius 3 is 2.65 bits per heavy atom. The number of carbonyl (C=O) groups excluding carboxylic acids is 1. The average molecular weight is 353 g/mol. The van der Waals surface area contributed by atoms with Gasteiger partial charge in [0.05, 0.1) is 18.7 Å². The number of hydrogen-bond acceptors (Lipinski definition) is 4. The molecule has 0 N–H and O–H groups in total. The van der Waals surface area contributed by atoms with Gasteiger partial charge in [0.25, 0.3) is 0 Å². The van der Waals surface area contributed by atoms with E-state index in [0.29, 0.717) is 31.5 Å². The van der Waals surface area contributed by atoms with Crippen molar-refractivity contribution in [2.75, 3.05) is 44.3 Å². The maximum atomic E-state index is 12.5. The van der Waals surface area contributed by atoms with Crippen LogP contribution in [-0.4, -0.2) is 55.2 Å². The number of aromatic nitrogens is 1. The Labute approximate surface area is 154 Å². The highest BCUT2D eigenvalue weighted by Crippen LogP contribution is 2.27. The standard InChI is InChI=1S/C21H27N3O2/c1-16-14-20(22-19-5-3-2-4-18(16)19)23-8-6-17(7-9-23)15-21(25)24-10-12-26-13-11-24/h2-5,14,17H,6-13,15H2,1H3. The first-order valence-electron chi connectivity index (χ1n) is 9.67. The van der Waals surface area contributed by atoms with Crippen LogP contribution in [0.4, 0.5) is 5.82 Å². The van der Waals surface area contributed by atoms with Gasteiger partial charge >= 0.3 is 0 Å². The molecular weight excluding hydrogens is 326 g/mol. The van der Waals surface area contributed by atoms with Gasteiger partial charge in [0.15, 0.2) is 0 Å². The summed E-state index contributed by atoms with van der Waals surface area (Å²) in [6, 6.07) is 10.5. The molecule has 0 spiro atoms. The van der Waals surface area contributed by atoms with Crippen molar-refractivity contribution in [2.45, 2.75) is 26.2 Å². The van der Waals surface area contributed by atoms with E-state index in [2.05, 4.69) is 36.1 Å². The molecule has 0 aliphatic carbocycles.